The fourth-order valence-electron chi connectivity index (χ4n) is 2.47. The van der Waals surface area contributed by atoms with Crippen LogP contribution >= 0.6 is 0 Å². The molecule has 0 fully saturated rings. The van der Waals surface area contributed by atoms with Crippen molar-refractivity contribution >= 4 is 16.9 Å². The maximum absolute atomic E-state index is 11.9. The summed E-state index contributed by atoms with van der Waals surface area (Å²) in [6.07, 6.45) is 2.66. The molecule has 0 spiro atoms. The summed E-state index contributed by atoms with van der Waals surface area (Å²) in [5, 5.41) is 3.02. The average Bonchev–Trinajstić information content (AvgIpc) is 2.79. The van der Waals surface area contributed by atoms with Crippen molar-refractivity contribution in [1.29, 1.82) is 0 Å². The van der Waals surface area contributed by atoms with Gasteiger partial charge in [-0.2, -0.15) is 0 Å². The molecule has 0 aliphatic heterocycles. The second-order valence-corrected chi connectivity index (χ2v) is 5.23. The van der Waals surface area contributed by atoms with Crippen LogP contribution in [0.4, 0.5) is 0 Å². The van der Waals surface area contributed by atoms with Crippen LogP contribution in [0.2, 0.25) is 0 Å². The molecule has 2 rings (SSSR count). The Bertz CT molecular complexity index is 584. The summed E-state index contributed by atoms with van der Waals surface area (Å²) in [5.41, 5.74) is 3.27. The van der Waals surface area contributed by atoms with Crippen molar-refractivity contribution in [2.45, 2.75) is 40.0 Å². The second kappa shape index (κ2) is 6.55. The lowest BCUT2D eigenvalue weighted by molar-refractivity contribution is -0.125. The van der Waals surface area contributed by atoms with Gasteiger partial charge in [-0.25, -0.2) is 4.98 Å². The number of hydrogen-bond acceptors (Lipinski definition) is 2. The van der Waals surface area contributed by atoms with Gasteiger partial charge in [0, 0.05) is 12.5 Å². The van der Waals surface area contributed by atoms with Gasteiger partial charge in [0.15, 0.2) is 0 Å². The van der Waals surface area contributed by atoms with E-state index in [2.05, 4.69) is 41.3 Å². The van der Waals surface area contributed by atoms with Crippen molar-refractivity contribution in [1.82, 2.24) is 15.3 Å². The first-order valence-corrected chi connectivity index (χ1v) is 7.37. The van der Waals surface area contributed by atoms with Crippen LogP contribution in [0.25, 0.3) is 11.0 Å². The molecule has 0 atom stereocenters. The van der Waals surface area contributed by atoms with Crippen LogP contribution in [0.15, 0.2) is 18.2 Å². The first-order valence-electron chi connectivity index (χ1n) is 7.37. The molecule has 2 aromatic rings. The van der Waals surface area contributed by atoms with Crippen molar-refractivity contribution in [3.63, 3.8) is 0 Å². The van der Waals surface area contributed by atoms with Crippen molar-refractivity contribution < 1.29 is 4.79 Å². The number of imidazole rings is 1. The minimum atomic E-state index is 0.146. The van der Waals surface area contributed by atoms with Crippen LogP contribution in [-0.4, -0.2) is 22.4 Å². The summed E-state index contributed by atoms with van der Waals surface area (Å²) >= 11 is 0. The first-order chi connectivity index (χ1) is 9.63. The number of aromatic amines is 1. The highest BCUT2D eigenvalue weighted by molar-refractivity contribution is 5.78. The predicted molar refractivity (Wildman–Crippen MR) is 81.6 cm³/mol. The highest BCUT2D eigenvalue weighted by atomic mass is 16.1. The van der Waals surface area contributed by atoms with Crippen molar-refractivity contribution in [3.8, 4) is 0 Å². The molecular weight excluding hydrogens is 250 g/mol. The molecule has 108 valence electrons. The summed E-state index contributed by atoms with van der Waals surface area (Å²) in [6, 6.07) is 6.21. The zero-order valence-corrected chi connectivity index (χ0v) is 12.5. The van der Waals surface area contributed by atoms with Crippen LogP contribution in [-0.2, 0) is 11.2 Å². The summed E-state index contributed by atoms with van der Waals surface area (Å²) in [4.78, 5) is 19.5. The minimum absolute atomic E-state index is 0.146. The van der Waals surface area contributed by atoms with E-state index >= 15 is 0 Å². The van der Waals surface area contributed by atoms with E-state index in [1.165, 1.54) is 5.56 Å². The zero-order chi connectivity index (χ0) is 14.5. The van der Waals surface area contributed by atoms with Gasteiger partial charge in [0.05, 0.1) is 11.0 Å². The zero-order valence-electron chi connectivity index (χ0n) is 12.5. The fraction of sp³-hybridized carbons (Fsp3) is 0.500. The van der Waals surface area contributed by atoms with Crippen LogP contribution in [0.5, 0.6) is 0 Å². The SMILES string of the molecule is CCC(CC)C(=O)NCCc1ccc2nc(C)[nH]c2c1. The Morgan fingerprint density at radius 1 is 1.35 bits per heavy atom. The van der Waals surface area contributed by atoms with Gasteiger partial charge in [0.1, 0.15) is 5.82 Å². The van der Waals surface area contributed by atoms with Crippen LogP contribution < -0.4 is 5.32 Å². The third-order valence-corrected chi connectivity index (χ3v) is 3.73. The predicted octanol–water partition coefficient (Wildman–Crippen LogP) is 2.97. The van der Waals surface area contributed by atoms with E-state index in [0.717, 1.165) is 36.1 Å². The number of nitrogens with one attached hydrogen (secondary N) is 2. The maximum Gasteiger partial charge on any atom is 0.223 e. The number of carbonyl (C=O) groups is 1. The summed E-state index contributed by atoms with van der Waals surface area (Å²) in [7, 11) is 0. The molecule has 4 heteroatoms. The van der Waals surface area contributed by atoms with E-state index in [0.29, 0.717) is 6.54 Å². The molecular formula is C16H23N3O. The van der Waals surface area contributed by atoms with Gasteiger partial charge in [-0.1, -0.05) is 19.9 Å². The number of H-pyrrole nitrogens is 1. The van der Waals surface area contributed by atoms with E-state index in [9.17, 15) is 4.79 Å². The Labute approximate surface area is 120 Å². The lowest BCUT2D eigenvalue weighted by atomic mass is 10.0. The quantitative estimate of drug-likeness (QED) is 0.850. The molecule has 0 saturated carbocycles. The van der Waals surface area contributed by atoms with Crippen molar-refractivity contribution in [2.24, 2.45) is 5.92 Å². The van der Waals surface area contributed by atoms with Crippen LogP contribution in [0, 0.1) is 12.8 Å². The van der Waals surface area contributed by atoms with Gasteiger partial charge in [-0.3, -0.25) is 4.79 Å². The van der Waals surface area contributed by atoms with Gasteiger partial charge in [-0.15, -0.1) is 0 Å². The van der Waals surface area contributed by atoms with Crippen molar-refractivity contribution in [2.75, 3.05) is 6.54 Å². The number of hydrogen-bond donors (Lipinski definition) is 2. The van der Waals surface area contributed by atoms with E-state index in [-0.39, 0.29) is 11.8 Å². The summed E-state index contributed by atoms with van der Waals surface area (Å²) in [6.45, 7) is 6.76. The molecule has 1 amide bonds. The molecule has 0 radical (unpaired) electrons. The second-order valence-electron chi connectivity index (χ2n) is 5.23. The topological polar surface area (TPSA) is 57.8 Å². The molecule has 0 saturated heterocycles. The number of amides is 1. The van der Waals surface area contributed by atoms with Crippen LogP contribution in [0.1, 0.15) is 38.1 Å². The number of aromatic nitrogens is 2. The Morgan fingerprint density at radius 2 is 2.10 bits per heavy atom. The largest absolute Gasteiger partial charge is 0.356 e. The molecule has 20 heavy (non-hydrogen) atoms. The number of rotatable bonds is 6. The third kappa shape index (κ3) is 3.38. The molecule has 1 heterocycles. The van der Waals surface area contributed by atoms with E-state index in [1.807, 2.05) is 13.0 Å². The number of nitrogens with zero attached hydrogens (tertiary/aromatic N) is 1. The molecule has 2 N–H and O–H groups in total. The van der Waals surface area contributed by atoms with Gasteiger partial charge in [0.25, 0.3) is 0 Å². The number of benzene rings is 1. The molecule has 1 aromatic carbocycles. The summed E-state index contributed by atoms with van der Waals surface area (Å²) < 4.78 is 0. The molecule has 0 aliphatic rings. The average molecular weight is 273 g/mol. The number of carbonyl (C=O) groups excluding carboxylic acids is 1. The molecule has 0 aliphatic carbocycles. The number of aryl methyl sites for hydroxylation is 1. The fourth-order valence-corrected chi connectivity index (χ4v) is 2.47. The van der Waals surface area contributed by atoms with Gasteiger partial charge < -0.3 is 10.3 Å². The molecule has 4 nitrogen and oxygen atoms in total. The van der Waals surface area contributed by atoms with E-state index < -0.39 is 0 Å². The molecule has 1 aromatic heterocycles. The third-order valence-electron chi connectivity index (χ3n) is 3.73. The Hall–Kier alpha value is -1.84. The van der Waals surface area contributed by atoms with E-state index in [1.54, 1.807) is 0 Å². The van der Waals surface area contributed by atoms with Crippen molar-refractivity contribution in [3.05, 3.63) is 29.6 Å². The van der Waals surface area contributed by atoms with Gasteiger partial charge >= 0.3 is 0 Å². The lowest BCUT2D eigenvalue weighted by Crippen LogP contribution is -2.31. The van der Waals surface area contributed by atoms with Gasteiger partial charge in [0.2, 0.25) is 5.91 Å². The highest BCUT2D eigenvalue weighted by Crippen LogP contribution is 2.14. The summed E-state index contributed by atoms with van der Waals surface area (Å²) in [5.74, 6) is 1.25. The Kier molecular flexibility index (Phi) is 4.77. The van der Waals surface area contributed by atoms with Crippen LogP contribution in [0.3, 0.4) is 0 Å². The smallest absolute Gasteiger partial charge is 0.223 e. The maximum atomic E-state index is 11.9. The number of fused-ring (bicyclic) bond motifs is 1. The molecule has 0 bridgehead atoms. The Balaban J connectivity index is 1.91. The van der Waals surface area contributed by atoms with Gasteiger partial charge in [-0.05, 0) is 43.9 Å². The monoisotopic (exact) mass is 273 g/mol. The normalized spacial score (nSPS) is 11.2. The first kappa shape index (κ1) is 14.6. The lowest BCUT2D eigenvalue weighted by Gasteiger charge is -2.12. The highest BCUT2D eigenvalue weighted by Gasteiger charge is 2.12. The standard InChI is InChI=1S/C16H23N3O/c1-4-13(5-2)16(20)17-9-8-12-6-7-14-15(10-12)19-11(3)18-14/h6-7,10,13H,4-5,8-9H2,1-3H3,(H,17,20)(H,18,19). The minimum Gasteiger partial charge on any atom is -0.356 e. The molecule has 0 unspecified atom stereocenters. The Morgan fingerprint density at radius 3 is 2.80 bits per heavy atom. The van der Waals surface area contributed by atoms with E-state index in [4.69, 9.17) is 0 Å².